The first-order valence-corrected chi connectivity index (χ1v) is 28.1. The fraction of sp³-hybridized carbons (Fsp3) is 0.211. The van der Waals surface area contributed by atoms with Gasteiger partial charge in [-0.3, -0.25) is 0 Å². The predicted octanol–water partition coefficient (Wildman–Crippen LogP) is 18.7. The standard InChI is InChI=1S/C71H61BN2OS/c1-68(2,3)42-26-30-45(31-27-42)74-55-39-58-48(47-34-44(70(7,8)9)29-33-57(47)75-58)36-50(55)63-64-61(46-24-18-19-25-52(46)71(64,10)11)62-49-35-43(69(4,5)6)28-32-54(49)73-56-37-51-59(38-53(56)72(74)65(63)66(62)73)76-67(41-22-16-13-17-23-41)60(51)40-20-14-12-15-21-40/h12-39H,1-11H3. The molecule has 0 radical (unpaired) electrons. The topological polar surface area (TPSA) is 21.3 Å². The summed E-state index contributed by atoms with van der Waals surface area (Å²) in [4.78, 5) is 4.00. The first-order chi connectivity index (χ1) is 36.4. The van der Waals surface area contributed by atoms with Crippen LogP contribution < -0.4 is 15.7 Å². The summed E-state index contributed by atoms with van der Waals surface area (Å²) in [5, 5.41) is 6.28. The zero-order chi connectivity index (χ0) is 52.1. The van der Waals surface area contributed by atoms with E-state index < -0.39 is 0 Å². The van der Waals surface area contributed by atoms with Gasteiger partial charge in [0, 0.05) is 76.2 Å². The number of hydrogen-bond donors (Lipinski definition) is 0. The van der Waals surface area contributed by atoms with Crippen LogP contribution in [0.3, 0.4) is 0 Å². The van der Waals surface area contributed by atoms with Gasteiger partial charge in [-0.2, -0.15) is 0 Å². The molecule has 3 aliphatic rings. The Kier molecular flexibility index (Phi) is 9.21. The number of fused-ring (bicyclic) bond motifs is 17. The van der Waals surface area contributed by atoms with Gasteiger partial charge in [-0.05, 0) is 137 Å². The zero-order valence-electron chi connectivity index (χ0n) is 45.5. The molecule has 2 aliphatic heterocycles. The molecule has 0 N–H and O–H groups in total. The Morgan fingerprint density at radius 2 is 1.12 bits per heavy atom. The molecule has 3 aromatic heterocycles. The molecule has 15 rings (SSSR count). The fourth-order valence-corrected chi connectivity index (χ4v) is 15.0. The van der Waals surface area contributed by atoms with Crippen LogP contribution in [0.25, 0.3) is 103 Å². The average Bonchev–Trinajstić information content (AvgIpc) is 3.80. The van der Waals surface area contributed by atoms with E-state index in [1.54, 1.807) is 0 Å². The minimum absolute atomic E-state index is 0.00737. The molecule has 76 heavy (non-hydrogen) atoms. The molecule has 1 aliphatic carbocycles. The van der Waals surface area contributed by atoms with Gasteiger partial charge < -0.3 is 13.8 Å². The lowest BCUT2D eigenvalue weighted by atomic mass is 9.43. The monoisotopic (exact) mass is 1000 g/mol. The van der Waals surface area contributed by atoms with Gasteiger partial charge in [-0.15, -0.1) is 11.3 Å². The minimum Gasteiger partial charge on any atom is -0.456 e. The molecule has 5 heteroatoms. The summed E-state index contributed by atoms with van der Waals surface area (Å²) in [6, 6.07) is 65.3. The van der Waals surface area contributed by atoms with E-state index in [4.69, 9.17) is 4.42 Å². The van der Waals surface area contributed by atoms with Crippen LogP contribution >= 0.6 is 11.3 Å². The summed E-state index contributed by atoms with van der Waals surface area (Å²) >= 11 is 1.93. The number of anilines is 2. The number of rotatable bonds is 3. The predicted molar refractivity (Wildman–Crippen MR) is 327 cm³/mol. The van der Waals surface area contributed by atoms with Crippen LogP contribution in [0.1, 0.15) is 104 Å². The summed E-state index contributed by atoms with van der Waals surface area (Å²) in [7, 11) is 0. The van der Waals surface area contributed by atoms with Crippen LogP contribution in [0.2, 0.25) is 0 Å². The quantitative estimate of drug-likeness (QED) is 0.165. The van der Waals surface area contributed by atoms with E-state index in [-0.39, 0.29) is 28.5 Å². The zero-order valence-corrected chi connectivity index (χ0v) is 46.3. The first kappa shape index (κ1) is 45.8. The van der Waals surface area contributed by atoms with Crippen LogP contribution in [0, 0.1) is 0 Å². The van der Waals surface area contributed by atoms with Gasteiger partial charge in [0.05, 0.1) is 11.0 Å². The number of benzene rings is 9. The SMILES string of the molecule is CC(C)(C)c1ccc(N2B3c4cc5sc(-c6ccccc6)c(-c6ccccc6)c5cc4-n4c5ccc(C(C)(C)C)cc5c5c6c(c(c3c54)-c3cc4c(cc32)oc2ccc(C(C)(C)C)cc24)C(C)(C)c2ccccc2-6)cc1. The lowest BCUT2D eigenvalue weighted by molar-refractivity contribution is 0.590. The summed E-state index contributed by atoms with van der Waals surface area (Å²) < 4.78 is 11.0. The molecule has 0 spiro atoms. The second kappa shape index (κ2) is 15.3. The molecule has 370 valence electrons. The van der Waals surface area contributed by atoms with Crippen molar-refractivity contribution in [2.45, 2.75) is 97.8 Å². The van der Waals surface area contributed by atoms with Crippen molar-refractivity contribution in [3.63, 3.8) is 0 Å². The van der Waals surface area contributed by atoms with Gasteiger partial charge in [-0.25, -0.2) is 0 Å². The van der Waals surface area contributed by atoms with Crippen molar-refractivity contribution < 1.29 is 4.42 Å². The largest absolute Gasteiger partial charge is 0.456 e. The summed E-state index contributed by atoms with van der Waals surface area (Å²) in [5.74, 6) is 0. The highest BCUT2D eigenvalue weighted by Gasteiger charge is 2.50. The van der Waals surface area contributed by atoms with Crippen molar-refractivity contribution in [1.82, 2.24) is 4.57 Å². The van der Waals surface area contributed by atoms with Gasteiger partial charge in [0.1, 0.15) is 11.2 Å². The molecule has 12 aromatic rings. The number of thiophene rings is 1. The Bertz CT molecular complexity index is 4470. The van der Waals surface area contributed by atoms with Crippen LogP contribution in [-0.4, -0.2) is 11.4 Å². The number of nitrogens with zero attached hydrogens (tertiary/aromatic N) is 2. The molecule has 0 unspecified atom stereocenters. The summed E-state index contributed by atoms with van der Waals surface area (Å²) in [6.07, 6.45) is 0. The van der Waals surface area contributed by atoms with E-state index in [1.165, 1.54) is 137 Å². The van der Waals surface area contributed by atoms with Gasteiger partial charge in [0.25, 0.3) is 0 Å². The molecule has 0 fully saturated rings. The highest BCUT2D eigenvalue weighted by molar-refractivity contribution is 7.23. The molecular weight excluding hydrogens is 940 g/mol. The Balaban J connectivity index is 1.17. The smallest absolute Gasteiger partial charge is 0.333 e. The van der Waals surface area contributed by atoms with Crippen LogP contribution in [0.15, 0.2) is 174 Å². The second-order valence-electron chi connectivity index (χ2n) is 25.7. The van der Waals surface area contributed by atoms with Gasteiger partial charge in [0.2, 0.25) is 0 Å². The van der Waals surface area contributed by atoms with E-state index in [0.717, 1.165) is 16.6 Å². The molecule has 0 atom stereocenters. The Morgan fingerprint density at radius 3 is 1.82 bits per heavy atom. The van der Waals surface area contributed by atoms with Crippen molar-refractivity contribution in [2.24, 2.45) is 0 Å². The van der Waals surface area contributed by atoms with E-state index in [1.807, 2.05) is 11.3 Å². The van der Waals surface area contributed by atoms with Crippen molar-refractivity contribution >= 4 is 94.3 Å². The van der Waals surface area contributed by atoms with Crippen LogP contribution in [0.5, 0.6) is 0 Å². The normalized spacial score (nSPS) is 14.6. The van der Waals surface area contributed by atoms with Crippen molar-refractivity contribution in [2.75, 3.05) is 4.81 Å². The number of aromatic nitrogens is 1. The van der Waals surface area contributed by atoms with Gasteiger partial charge in [-0.1, -0.05) is 185 Å². The van der Waals surface area contributed by atoms with Crippen molar-refractivity contribution in [1.29, 1.82) is 0 Å². The van der Waals surface area contributed by atoms with Gasteiger partial charge >= 0.3 is 6.85 Å². The molecule has 5 heterocycles. The molecule has 0 bridgehead atoms. The fourth-order valence-electron chi connectivity index (χ4n) is 13.7. The number of furan rings is 1. The third kappa shape index (κ3) is 6.24. The third-order valence-electron chi connectivity index (χ3n) is 17.6. The Morgan fingerprint density at radius 1 is 0.500 bits per heavy atom. The van der Waals surface area contributed by atoms with Gasteiger partial charge in [0.15, 0.2) is 0 Å². The maximum Gasteiger partial charge on any atom is 0.333 e. The third-order valence-corrected chi connectivity index (χ3v) is 18.8. The Hall–Kier alpha value is -7.60. The van der Waals surface area contributed by atoms with E-state index in [0.29, 0.717) is 0 Å². The van der Waals surface area contributed by atoms with E-state index in [2.05, 4.69) is 255 Å². The summed E-state index contributed by atoms with van der Waals surface area (Å²) in [5.41, 5.74) is 26.1. The van der Waals surface area contributed by atoms with Crippen LogP contribution in [-0.2, 0) is 21.7 Å². The lowest BCUT2D eigenvalue weighted by Crippen LogP contribution is -2.61. The second-order valence-corrected chi connectivity index (χ2v) is 26.7. The van der Waals surface area contributed by atoms with Crippen LogP contribution in [0.4, 0.5) is 11.4 Å². The molecule has 0 saturated carbocycles. The Labute approximate surface area is 450 Å². The minimum atomic E-state index is -0.319. The molecular formula is C71H61BN2OS. The van der Waals surface area contributed by atoms with Crippen molar-refractivity contribution in [3.8, 4) is 49.5 Å². The maximum atomic E-state index is 7.03. The average molecular weight is 1000 g/mol. The van der Waals surface area contributed by atoms with E-state index in [9.17, 15) is 0 Å². The van der Waals surface area contributed by atoms with Crippen molar-refractivity contribution in [3.05, 3.63) is 198 Å². The highest BCUT2D eigenvalue weighted by atomic mass is 32.1. The van der Waals surface area contributed by atoms with E-state index >= 15 is 0 Å². The maximum absolute atomic E-state index is 7.03. The summed E-state index contributed by atoms with van der Waals surface area (Å²) in [6.45, 7) is 25.7. The lowest BCUT2D eigenvalue weighted by Gasteiger charge is -2.43. The molecule has 9 aromatic carbocycles. The first-order valence-electron chi connectivity index (χ1n) is 27.3. The number of hydrogen-bond acceptors (Lipinski definition) is 3. The molecule has 3 nitrogen and oxygen atoms in total. The molecule has 0 amide bonds. The molecule has 0 saturated heterocycles. The highest BCUT2D eigenvalue weighted by Crippen LogP contribution is 2.60.